The summed E-state index contributed by atoms with van der Waals surface area (Å²) in [5, 5.41) is 13.1. The van der Waals surface area contributed by atoms with E-state index in [2.05, 4.69) is 10.3 Å². The lowest BCUT2D eigenvalue weighted by atomic mass is 10.2. The maximum atomic E-state index is 11.3. The Morgan fingerprint density at radius 1 is 1.85 bits per heavy atom. The van der Waals surface area contributed by atoms with Gasteiger partial charge in [-0.1, -0.05) is 6.92 Å². The highest BCUT2D eigenvalue weighted by Crippen LogP contribution is 2.00. The third-order valence-electron chi connectivity index (χ3n) is 1.59. The summed E-state index contributed by atoms with van der Waals surface area (Å²) >= 11 is 1.39. The molecule has 2 N–H and O–H groups in total. The summed E-state index contributed by atoms with van der Waals surface area (Å²) in [6, 6.07) is 0. The van der Waals surface area contributed by atoms with Crippen LogP contribution >= 0.6 is 11.3 Å². The maximum absolute atomic E-state index is 11.3. The lowest BCUT2D eigenvalue weighted by molar-refractivity contribution is 0.0938. The van der Waals surface area contributed by atoms with Crippen molar-refractivity contribution in [2.24, 2.45) is 5.92 Å². The molecule has 1 aromatic rings. The van der Waals surface area contributed by atoms with E-state index >= 15 is 0 Å². The molecule has 0 spiro atoms. The topological polar surface area (TPSA) is 62.2 Å². The van der Waals surface area contributed by atoms with Gasteiger partial charge in [0.1, 0.15) is 5.69 Å². The number of hydrogen-bond acceptors (Lipinski definition) is 4. The first kappa shape index (κ1) is 10.1. The number of carbonyl (C=O) groups is 1. The fourth-order valence-corrected chi connectivity index (χ4v) is 1.28. The normalized spacial score (nSPS) is 12.5. The predicted molar refractivity (Wildman–Crippen MR) is 50.7 cm³/mol. The Bertz CT molecular complexity index is 261. The first-order valence-corrected chi connectivity index (χ1v) is 4.95. The van der Waals surface area contributed by atoms with Crippen molar-refractivity contribution in [3.63, 3.8) is 0 Å². The molecule has 0 radical (unpaired) electrons. The third-order valence-corrected chi connectivity index (χ3v) is 2.17. The quantitative estimate of drug-likeness (QED) is 0.744. The van der Waals surface area contributed by atoms with Gasteiger partial charge in [0.25, 0.3) is 5.91 Å². The van der Waals surface area contributed by atoms with Crippen molar-refractivity contribution in [1.82, 2.24) is 10.3 Å². The molecule has 1 unspecified atom stereocenters. The highest BCUT2D eigenvalue weighted by molar-refractivity contribution is 7.07. The largest absolute Gasteiger partial charge is 0.396 e. The highest BCUT2D eigenvalue weighted by Gasteiger charge is 2.08. The molecule has 5 heteroatoms. The summed E-state index contributed by atoms with van der Waals surface area (Å²) in [6.07, 6.45) is 0. The minimum absolute atomic E-state index is 0.0807. The van der Waals surface area contributed by atoms with Crippen molar-refractivity contribution < 1.29 is 9.90 Å². The van der Waals surface area contributed by atoms with Gasteiger partial charge in [-0.15, -0.1) is 11.3 Å². The Hall–Kier alpha value is -0.940. The second-order valence-electron chi connectivity index (χ2n) is 2.87. The first-order valence-electron chi connectivity index (χ1n) is 4.01. The molecule has 1 amide bonds. The maximum Gasteiger partial charge on any atom is 0.270 e. The molecular weight excluding hydrogens is 188 g/mol. The standard InChI is InChI=1S/C8H12N2O2S/c1-6(3-11)2-9-8(12)7-4-13-5-10-7/h4-6,11H,2-3H2,1H3,(H,9,12). The number of aliphatic hydroxyl groups excluding tert-OH is 1. The van der Waals surface area contributed by atoms with Gasteiger partial charge in [0, 0.05) is 18.5 Å². The Kier molecular flexibility index (Phi) is 3.85. The van der Waals surface area contributed by atoms with Crippen LogP contribution in [-0.2, 0) is 0 Å². The molecule has 0 aromatic carbocycles. The van der Waals surface area contributed by atoms with Crippen LogP contribution in [0.1, 0.15) is 17.4 Å². The van der Waals surface area contributed by atoms with E-state index in [9.17, 15) is 4.79 Å². The molecule has 0 saturated carbocycles. The number of aromatic nitrogens is 1. The molecule has 1 heterocycles. The number of nitrogens with one attached hydrogen (secondary N) is 1. The van der Waals surface area contributed by atoms with E-state index in [1.807, 2.05) is 6.92 Å². The number of nitrogens with zero attached hydrogens (tertiary/aromatic N) is 1. The average molecular weight is 200 g/mol. The van der Waals surface area contributed by atoms with E-state index in [1.165, 1.54) is 11.3 Å². The van der Waals surface area contributed by atoms with Crippen LogP contribution in [0.3, 0.4) is 0 Å². The van der Waals surface area contributed by atoms with E-state index in [-0.39, 0.29) is 18.4 Å². The Morgan fingerprint density at radius 2 is 2.62 bits per heavy atom. The van der Waals surface area contributed by atoms with Gasteiger partial charge in [-0.25, -0.2) is 4.98 Å². The zero-order chi connectivity index (χ0) is 9.68. The number of hydrogen-bond donors (Lipinski definition) is 2. The summed E-state index contributed by atoms with van der Waals surface area (Å²) < 4.78 is 0. The van der Waals surface area contributed by atoms with Crippen LogP contribution in [0, 0.1) is 5.92 Å². The Labute approximate surface area is 80.6 Å². The van der Waals surface area contributed by atoms with E-state index in [0.29, 0.717) is 12.2 Å². The van der Waals surface area contributed by atoms with Gasteiger partial charge in [-0.2, -0.15) is 0 Å². The summed E-state index contributed by atoms with van der Waals surface area (Å²) in [5.41, 5.74) is 2.06. The van der Waals surface area contributed by atoms with Crippen LogP contribution in [0.5, 0.6) is 0 Å². The Morgan fingerprint density at radius 3 is 3.15 bits per heavy atom. The summed E-state index contributed by atoms with van der Waals surface area (Å²) in [4.78, 5) is 15.1. The van der Waals surface area contributed by atoms with Crippen molar-refractivity contribution in [1.29, 1.82) is 0 Å². The average Bonchev–Trinajstić information content (AvgIpc) is 2.66. The highest BCUT2D eigenvalue weighted by atomic mass is 32.1. The fourth-order valence-electron chi connectivity index (χ4n) is 0.747. The molecule has 72 valence electrons. The van der Waals surface area contributed by atoms with Gasteiger partial charge >= 0.3 is 0 Å². The number of thiazole rings is 1. The zero-order valence-electron chi connectivity index (χ0n) is 7.36. The number of rotatable bonds is 4. The van der Waals surface area contributed by atoms with Crippen molar-refractivity contribution in [2.75, 3.05) is 13.2 Å². The SMILES string of the molecule is CC(CO)CNC(=O)c1cscn1. The van der Waals surface area contributed by atoms with Gasteiger partial charge in [0.05, 0.1) is 5.51 Å². The minimum atomic E-state index is -0.179. The molecule has 0 aliphatic carbocycles. The van der Waals surface area contributed by atoms with Crippen LogP contribution < -0.4 is 5.32 Å². The summed E-state index contributed by atoms with van der Waals surface area (Å²) in [6.45, 7) is 2.42. The van der Waals surface area contributed by atoms with Gasteiger partial charge in [-0.3, -0.25) is 4.79 Å². The molecule has 13 heavy (non-hydrogen) atoms. The second kappa shape index (κ2) is 4.94. The molecule has 0 bridgehead atoms. The molecule has 0 saturated heterocycles. The summed E-state index contributed by atoms with van der Waals surface area (Å²) in [7, 11) is 0. The van der Waals surface area contributed by atoms with Crippen LogP contribution in [0.25, 0.3) is 0 Å². The van der Waals surface area contributed by atoms with Gasteiger partial charge in [0.2, 0.25) is 0 Å². The third kappa shape index (κ3) is 3.12. The van der Waals surface area contributed by atoms with Crippen LogP contribution in [-0.4, -0.2) is 29.1 Å². The van der Waals surface area contributed by atoms with Crippen molar-refractivity contribution in [3.8, 4) is 0 Å². The molecule has 1 aromatic heterocycles. The number of amides is 1. The zero-order valence-corrected chi connectivity index (χ0v) is 8.17. The van der Waals surface area contributed by atoms with Gasteiger partial charge in [-0.05, 0) is 5.92 Å². The van der Waals surface area contributed by atoms with E-state index < -0.39 is 0 Å². The molecule has 0 aliphatic rings. The number of carbonyl (C=O) groups excluding carboxylic acids is 1. The smallest absolute Gasteiger partial charge is 0.270 e. The molecule has 4 nitrogen and oxygen atoms in total. The molecule has 0 aliphatic heterocycles. The number of aliphatic hydroxyl groups is 1. The van der Waals surface area contributed by atoms with Crippen molar-refractivity contribution >= 4 is 17.2 Å². The van der Waals surface area contributed by atoms with E-state index in [0.717, 1.165) is 0 Å². The predicted octanol–water partition coefficient (Wildman–Crippen LogP) is 0.501. The molecule has 0 fully saturated rings. The first-order chi connectivity index (χ1) is 6.24. The van der Waals surface area contributed by atoms with Crippen LogP contribution in [0.15, 0.2) is 10.9 Å². The lowest BCUT2D eigenvalue weighted by Gasteiger charge is -2.07. The van der Waals surface area contributed by atoms with Crippen molar-refractivity contribution in [2.45, 2.75) is 6.92 Å². The van der Waals surface area contributed by atoms with E-state index in [1.54, 1.807) is 10.9 Å². The molecule has 1 atom stereocenters. The van der Waals surface area contributed by atoms with Gasteiger partial charge < -0.3 is 10.4 Å². The fraction of sp³-hybridized carbons (Fsp3) is 0.500. The summed E-state index contributed by atoms with van der Waals surface area (Å²) in [5.74, 6) is -0.0934. The van der Waals surface area contributed by atoms with Crippen LogP contribution in [0.4, 0.5) is 0 Å². The van der Waals surface area contributed by atoms with Crippen LogP contribution in [0.2, 0.25) is 0 Å². The Balaban J connectivity index is 2.35. The van der Waals surface area contributed by atoms with Crippen molar-refractivity contribution in [3.05, 3.63) is 16.6 Å². The van der Waals surface area contributed by atoms with E-state index in [4.69, 9.17) is 5.11 Å². The molecular formula is C8H12N2O2S. The molecule has 1 rings (SSSR count). The lowest BCUT2D eigenvalue weighted by Crippen LogP contribution is -2.29. The monoisotopic (exact) mass is 200 g/mol. The minimum Gasteiger partial charge on any atom is -0.396 e. The second-order valence-corrected chi connectivity index (χ2v) is 3.59. The van der Waals surface area contributed by atoms with Gasteiger partial charge in [0.15, 0.2) is 0 Å².